The molecule has 1 aromatic carbocycles. The summed E-state index contributed by atoms with van der Waals surface area (Å²) >= 11 is 0. The maximum Gasteiger partial charge on any atom is 0.134 e. The Bertz CT molecular complexity index is 549. The highest BCUT2D eigenvalue weighted by Gasteiger charge is 2.32. The molecule has 2 N–H and O–H groups in total. The van der Waals surface area contributed by atoms with E-state index in [4.69, 9.17) is 10.2 Å². The molecule has 1 fully saturated rings. The predicted molar refractivity (Wildman–Crippen MR) is 74.8 cm³/mol. The number of hydrogen-bond acceptors (Lipinski definition) is 2. The lowest BCUT2D eigenvalue weighted by Gasteiger charge is -2.36. The average Bonchev–Trinajstić information content (AvgIpc) is 2.81. The van der Waals surface area contributed by atoms with Gasteiger partial charge in [0, 0.05) is 17.3 Å². The Balaban J connectivity index is 2.06. The number of nitrogens with two attached hydrogens (primary N) is 1. The molecular weight excluding hydrogens is 222 g/mol. The van der Waals surface area contributed by atoms with E-state index in [1.165, 1.54) is 48.6 Å². The third-order valence-electron chi connectivity index (χ3n) is 4.58. The van der Waals surface area contributed by atoms with Crippen LogP contribution in [-0.4, -0.2) is 6.54 Å². The number of hydrogen-bond donors (Lipinski definition) is 1. The molecule has 3 rings (SSSR count). The van der Waals surface area contributed by atoms with Crippen molar-refractivity contribution in [2.45, 2.75) is 44.4 Å². The first-order chi connectivity index (χ1) is 8.75. The highest BCUT2D eigenvalue weighted by molar-refractivity contribution is 5.81. The van der Waals surface area contributed by atoms with Gasteiger partial charge >= 0.3 is 0 Å². The molecule has 96 valence electrons. The molecular formula is C16H21NO. The van der Waals surface area contributed by atoms with Gasteiger partial charge in [-0.1, -0.05) is 31.4 Å². The van der Waals surface area contributed by atoms with Crippen molar-refractivity contribution in [2.75, 3.05) is 6.54 Å². The van der Waals surface area contributed by atoms with E-state index < -0.39 is 0 Å². The number of rotatable bonds is 2. The van der Waals surface area contributed by atoms with Crippen LogP contribution in [0.3, 0.4) is 0 Å². The Morgan fingerprint density at radius 3 is 2.72 bits per heavy atom. The summed E-state index contributed by atoms with van der Waals surface area (Å²) in [5.74, 6) is 0. The summed E-state index contributed by atoms with van der Waals surface area (Å²) in [5, 5.41) is 1.22. The Morgan fingerprint density at radius 2 is 2.00 bits per heavy atom. The molecule has 2 aromatic rings. The number of fused-ring (bicyclic) bond motifs is 1. The van der Waals surface area contributed by atoms with E-state index in [1.54, 1.807) is 0 Å². The molecule has 0 aliphatic heterocycles. The van der Waals surface area contributed by atoms with Crippen molar-refractivity contribution in [1.82, 2.24) is 0 Å². The highest BCUT2D eigenvalue weighted by Crippen LogP contribution is 2.39. The third kappa shape index (κ3) is 1.76. The van der Waals surface area contributed by atoms with Crippen LogP contribution in [0.2, 0.25) is 0 Å². The fourth-order valence-electron chi connectivity index (χ4n) is 3.33. The molecule has 1 heterocycles. The van der Waals surface area contributed by atoms with Gasteiger partial charge in [0.05, 0.1) is 6.26 Å². The third-order valence-corrected chi connectivity index (χ3v) is 4.58. The van der Waals surface area contributed by atoms with Gasteiger partial charge in [0.15, 0.2) is 0 Å². The van der Waals surface area contributed by atoms with Gasteiger partial charge in [-0.2, -0.15) is 0 Å². The minimum atomic E-state index is 0.188. The molecule has 0 amide bonds. The topological polar surface area (TPSA) is 39.2 Å². The van der Waals surface area contributed by atoms with Crippen LogP contribution in [-0.2, 0) is 5.41 Å². The van der Waals surface area contributed by atoms with Gasteiger partial charge in [-0.05, 0) is 37.0 Å². The molecule has 0 radical (unpaired) electrons. The van der Waals surface area contributed by atoms with Crippen LogP contribution >= 0.6 is 0 Å². The molecule has 0 atom stereocenters. The van der Waals surface area contributed by atoms with E-state index in [0.717, 1.165) is 12.1 Å². The standard InChI is InChI=1S/C16H21NO/c1-12-10-18-15-9-13(5-6-14(12)15)16(11-17)7-3-2-4-8-16/h5-6,9-10H,2-4,7-8,11,17H2,1H3. The second-order valence-corrected chi connectivity index (χ2v) is 5.67. The van der Waals surface area contributed by atoms with E-state index >= 15 is 0 Å². The molecule has 2 nitrogen and oxygen atoms in total. The summed E-state index contributed by atoms with van der Waals surface area (Å²) in [6.07, 6.45) is 8.22. The Hall–Kier alpha value is -1.28. The lowest BCUT2D eigenvalue weighted by Crippen LogP contribution is -2.37. The van der Waals surface area contributed by atoms with Crippen molar-refractivity contribution in [3.63, 3.8) is 0 Å². The number of benzene rings is 1. The monoisotopic (exact) mass is 243 g/mol. The van der Waals surface area contributed by atoms with Crippen LogP contribution in [0.1, 0.15) is 43.2 Å². The predicted octanol–water partition coefficient (Wildman–Crippen LogP) is 3.90. The normalized spacial score (nSPS) is 19.2. The van der Waals surface area contributed by atoms with Crippen molar-refractivity contribution in [3.05, 3.63) is 35.6 Å². The smallest absolute Gasteiger partial charge is 0.134 e. The highest BCUT2D eigenvalue weighted by atomic mass is 16.3. The minimum absolute atomic E-state index is 0.188. The van der Waals surface area contributed by atoms with E-state index in [9.17, 15) is 0 Å². The maximum absolute atomic E-state index is 6.09. The van der Waals surface area contributed by atoms with Crippen LogP contribution in [0.4, 0.5) is 0 Å². The van der Waals surface area contributed by atoms with Crippen LogP contribution < -0.4 is 5.73 Å². The molecule has 18 heavy (non-hydrogen) atoms. The van der Waals surface area contributed by atoms with Gasteiger partial charge in [-0.25, -0.2) is 0 Å². The first-order valence-corrected chi connectivity index (χ1v) is 6.94. The summed E-state index contributed by atoms with van der Waals surface area (Å²) in [6.45, 7) is 2.84. The zero-order valence-electron chi connectivity index (χ0n) is 11.0. The van der Waals surface area contributed by atoms with Gasteiger partial charge in [0.2, 0.25) is 0 Å². The Morgan fingerprint density at radius 1 is 1.22 bits per heavy atom. The first-order valence-electron chi connectivity index (χ1n) is 6.94. The summed E-state index contributed by atoms with van der Waals surface area (Å²) in [5.41, 5.74) is 9.86. The zero-order chi connectivity index (χ0) is 12.6. The quantitative estimate of drug-likeness (QED) is 0.868. The van der Waals surface area contributed by atoms with Gasteiger partial charge in [-0.15, -0.1) is 0 Å². The van der Waals surface area contributed by atoms with Crippen LogP contribution in [0, 0.1) is 6.92 Å². The fourth-order valence-corrected chi connectivity index (χ4v) is 3.33. The molecule has 0 unspecified atom stereocenters. The van der Waals surface area contributed by atoms with E-state index in [0.29, 0.717) is 0 Å². The van der Waals surface area contributed by atoms with E-state index in [-0.39, 0.29) is 5.41 Å². The van der Waals surface area contributed by atoms with Crippen molar-refractivity contribution in [1.29, 1.82) is 0 Å². The molecule has 0 saturated heterocycles. The molecule has 1 saturated carbocycles. The second-order valence-electron chi connectivity index (χ2n) is 5.67. The molecule has 1 aliphatic rings. The van der Waals surface area contributed by atoms with Crippen LogP contribution in [0.25, 0.3) is 11.0 Å². The molecule has 1 aliphatic carbocycles. The SMILES string of the molecule is Cc1coc2cc(C3(CN)CCCCC3)ccc12. The van der Waals surface area contributed by atoms with Crippen LogP contribution in [0.15, 0.2) is 28.9 Å². The fraction of sp³-hybridized carbons (Fsp3) is 0.500. The van der Waals surface area contributed by atoms with Crippen LogP contribution in [0.5, 0.6) is 0 Å². The Labute approximate surface area is 108 Å². The summed E-state index contributed by atoms with van der Waals surface area (Å²) in [6, 6.07) is 6.65. The zero-order valence-corrected chi connectivity index (χ0v) is 11.0. The lowest BCUT2D eigenvalue weighted by atomic mass is 9.69. The van der Waals surface area contributed by atoms with Crippen molar-refractivity contribution in [3.8, 4) is 0 Å². The average molecular weight is 243 g/mol. The molecule has 0 bridgehead atoms. The number of aryl methyl sites for hydroxylation is 1. The number of furan rings is 1. The first kappa shape index (κ1) is 11.8. The van der Waals surface area contributed by atoms with Gasteiger partial charge < -0.3 is 10.2 Å². The molecule has 0 spiro atoms. The lowest BCUT2D eigenvalue weighted by molar-refractivity contribution is 0.301. The van der Waals surface area contributed by atoms with Gasteiger partial charge in [-0.3, -0.25) is 0 Å². The van der Waals surface area contributed by atoms with Gasteiger partial charge in [0.25, 0.3) is 0 Å². The van der Waals surface area contributed by atoms with E-state index in [2.05, 4.69) is 25.1 Å². The van der Waals surface area contributed by atoms with E-state index in [1.807, 2.05) is 6.26 Å². The molecule has 1 aromatic heterocycles. The Kier molecular flexibility index (Phi) is 2.90. The summed E-state index contributed by atoms with van der Waals surface area (Å²) in [7, 11) is 0. The van der Waals surface area contributed by atoms with Crippen molar-refractivity contribution >= 4 is 11.0 Å². The molecule has 2 heteroatoms. The van der Waals surface area contributed by atoms with Crippen molar-refractivity contribution in [2.24, 2.45) is 5.73 Å². The second kappa shape index (κ2) is 4.43. The maximum atomic E-state index is 6.09. The van der Waals surface area contributed by atoms with Crippen molar-refractivity contribution < 1.29 is 4.42 Å². The minimum Gasteiger partial charge on any atom is -0.464 e. The largest absolute Gasteiger partial charge is 0.464 e. The summed E-state index contributed by atoms with van der Waals surface area (Å²) < 4.78 is 5.63. The summed E-state index contributed by atoms with van der Waals surface area (Å²) in [4.78, 5) is 0. The van der Waals surface area contributed by atoms with Gasteiger partial charge in [0.1, 0.15) is 5.58 Å².